The number of para-hydroxylation sites is 2. The minimum absolute atomic E-state index is 0.123. The van der Waals surface area contributed by atoms with Crippen LogP contribution in [0.25, 0.3) is 43.6 Å². The third-order valence-electron chi connectivity index (χ3n) is 4.24. The molecule has 5 aromatic rings. The number of aromatic amines is 1. The van der Waals surface area contributed by atoms with E-state index in [0.717, 1.165) is 32.7 Å². The lowest BCUT2D eigenvalue weighted by Crippen LogP contribution is -2.08. The molecule has 0 aliphatic carbocycles. The fourth-order valence-corrected chi connectivity index (χ4v) is 3.13. The number of rotatable bonds is 0. The Morgan fingerprint density at radius 2 is 1.61 bits per heavy atom. The van der Waals surface area contributed by atoms with Crippen molar-refractivity contribution in [2.45, 2.75) is 0 Å². The molecule has 0 fully saturated rings. The molecule has 4 nitrogen and oxygen atoms in total. The molecular weight excluding hydrogens is 286 g/mol. The average Bonchev–Trinajstić information content (AvgIpc) is 2.60. The first kappa shape index (κ1) is 12.3. The Morgan fingerprint density at radius 1 is 0.826 bits per heavy atom. The number of aromatic nitrogens is 3. The van der Waals surface area contributed by atoms with Crippen LogP contribution in [0.1, 0.15) is 0 Å². The highest BCUT2D eigenvalue weighted by Gasteiger charge is 2.11. The number of nitrogens with one attached hydrogen (secondary N) is 1. The second-order valence-electron chi connectivity index (χ2n) is 5.60. The van der Waals surface area contributed by atoms with Crippen LogP contribution in [0.4, 0.5) is 0 Å². The summed E-state index contributed by atoms with van der Waals surface area (Å²) in [5.41, 5.74) is 3.09. The van der Waals surface area contributed by atoms with Crippen LogP contribution in [0.5, 0.6) is 0 Å². The fourth-order valence-electron chi connectivity index (χ4n) is 3.13. The Balaban J connectivity index is 2.09. The number of nitrogens with zero attached hydrogens (tertiary/aromatic N) is 2. The first-order chi connectivity index (χ1) is 11.3. The molecule has 3 aromatic heterocycles. The lowest BCUT2D eigenvalue weighted by Gasteiger charge is -2.07. The summed E-state index contributed by atoms with van der Waals surface area (Å²) in [6.45, 7) is 0. The Labute approximate surface area is 130 Å². The quantitative estimate of drug-likeness (QED) is 0.349. The predicted molar refractivity (Wildman–Crippen MR) is 92.7 cm³/mol. The van der Waals surface area contributed by atoms with E-state index in [1.54, 1.807) is 6.20 Å². The van der Waals surface area contributed by atoms with Crippen LogP contribution in [0.2, 0.25) is 0 Å². The van der Waals surface area contributed by atoms with E-state index in [9.17, 15) is 4.79 Å². The standard InChI is InChI=1S/C19H11N3O/c23-19-13-9-11-5-1-3-7-15(11)21-18(13)14-10-20-16-8-4-2-6-12(16)17(14)22-19/h1-10H,(H,22,23). The molecule has 0 saturated carbocycles. The van der Waals surface area contributed by atoms with Gasteiger partial charge in [-0.1, -0.05) is 36.4 Å². The molecule has 23 heavy (non-hydrogen) atoms. The first-order valence-electron chi connectivity index (χ1n) is 7.40. The zero-order valence-corrected chi connectivity index (χ0v) is 12.1. The van der Waals surface area contributed by atoms with Gasteiger partial charge in [-0.05, 0) is 18.2 Å². The molecule has 0 bridgehead atoms. The Morgan fingerprint density at radius 3 is 2.52 bits per heavy atom. The van der Waals surface area contributed by atoms with Crippen LogP contribution in [0.3, 0.4) is 0 Å². The van der Waals surface area contributed by atoms with Crippen molar-refractivity contribution in [3.63, 3.8) is 0 Å². The van der Waals surface area contributed by atoms with Crippen LogP contribution in [-0.2, 0) is 0 Å². The van der Waals surface area contributed by atoms with Gasteiger partial charge in [-0.15, -0.1) is 0 Å². The fraction of sp³-hybridized carbons (Fsp3) is 0. The zero-order chi connectivity index (χ0) is 15.4. The molecule has 0 aliphatic heterocycles. The minimum Gasteiger partial charge on any atom is -0.321 e. The Hall–Kier alpha value is -3.27. The maximum Gasteiger partial charge on any atom is 0.257 e. The number of benzene rings is 2. The van der Waals surface area contributed by atoms with E-state index in [4.69, 9.17) is 4.98 Å². The van der Waals surface area contributed by atoms with E-state index in [-0.39, 0.29) is 5.56 Å². The molecule has 1 N–H and O–H groups in total. The van der Waals surface area contributed by atoms with Crippen molar-refractivity contribution in [2.24, 2.45) is 0 Å². The highest BCUT2D eigenvalue weighted by atomic mass is 16.1. The van der Waals surface area contributed by atoms with Gasteiger partial charge in [-0.3, -0.25) is 9.78 Å². The van der Waals surface area contributed by atoms with Crippen LogP contribution in [-0.4, -0.2) is 15.0 Å². The van der Waals surface area contributed by atoms with Gasteiger partial charge >= 0.3 is 0 Å². The van der Waals surface area contributed by atoms with Crippen molar-refractivity contribution in [2.75, 3.05) is 0 Å². The van der Waals surface area contributed by atoms with E-state index < -0.39 is 0 Å². The van der Waals surface area contributed by atoms with Crippen molar-refractivity contribution in [1.29, 1.82) is 0 Å². The number of H-pyrrole nitrogens is 1. The maximum absolute atomic E-state index is 12.6. The molecule has 108 valence electrons. The third-order valence-corrected chi connectivity index (χ3v) is 4.24. The third kappa shape index (κ3) is 1.69. The summed E-state index contributed by atoms with van der Waals surface area (Å²) < 4.78 is 0. The van der Waals surface area contributed by atoms with E-state index in [0.29, 0.717) is 10.9 Å². The molecule has 0 spiro atoms. The van der Waals surface area contributed by atoms with Crippen LogP contribution in [0.15, 0.2) is 65.6 Å². The minimum atomic E-state index is -0.123. The molecule has 0 saturated heterocycles. The molecule has 0 unspecified atom stereocenters. The lowest BCUT2D eigenvalue weighted by molar-refractivity contribution is 1.33. The van der Waals surface area contributed by atoms with Crippen molar-refractivity contribution < 1.29 is 0 Å². The molecule has 4 heteroatoms. The van der Waals surface area contributed by atoms with Crippen molar-refractivity contribution >= 4 is 43.6 Å². The van der Waals surface area contributed by atoms with Gasteiger partial charge < -0.3 is 4.98 Å². The van der Waals surface area contributed by atoms with Gasteiger partial charge in [0, 0.05) is 22.4 Å². The molecule has 0 atom stereocenters. The predicted octanol–water partition coefficient (Wildman–Crippen LogP) is 3.78. The molecule has 0 radical (unpaired) electrons. The number of pyridine rings is 3. The van der Waals surface area contributed by atoms with E-state index in [1.807, 2.05) is 54.6 Å². The SMILES string of the molecule is O=c1[nH]c2c3ccccc3ncc2c2nc3ccccc3cc12. The molecular formula is C19H11N3O. The van der Waals surface area contributed by atoms with E-state index in [1.165, 1.54) is 0 Å². The highest BCUT2D eigenvalue weighted by molar-refractivity contribution is 6.13. The average molecular weight is 297 g/mol. The van der Waals surface area contributed by atoms with Crippen LogP contribution < -0.4 is 5.56 Å². The molecule has 0 amide bonds. The lowest BCUT2D eigenvalue weighted by atomic mass is 10.1. The summed E-state index contributed by atoms with van der Waals surface area (Å²) in [5.74, 6) is 0. The first-order valence-corrected chi connectivity index (χ1v) is 7.40. The molecule has 3 heterocycles. The number of fused-ring (bicyclic) bond motifs is 6. The summed E-state index contributed by atoms with van der Waals surface area (Å²) in [6, 6.07) is 17.5. The van der Waals surface area contributed by atoms with Crippen molar-refractivity contribution in [1.82, 2.24) is 15.0 Å². The topological polar surface area (TPSA) is 58.6 Å². The summed E-state index contributed by atoms with van der Waals surface area (Å²) >= 11 is 0. The Bertz CT molecular complexity index is 1290. The normalized spacial score (nSPS) is 11.7. The van der Waals surface area contributed by atoms with Gasteiger partial charge in [0.05, 0.1) is 27.5 Å². The summed E-state index contributed by atoms with van der Waals surface area (Å²) in [4.78, 5) is 24.8. The Kier molecular flexibility index (Phi) is 2.33. The second-order valence-corrected chi connectivity index (χ2v) is 5.60. The highest BCUT2D eigenvalue weighted by Crippen LogP contribution is 2.27. The molecule has 5 rings (SSSR count). The number of hydrogen-bond donors (Lipinski definition) is 1. The zero-order valence-electron chi connectivity index (χ0n) is 12.1. The van der Waals surface area contributed by atoms with E-state index >= 15 is 0 Å². The van der Waals surface area contributed by atoms with Gasteiger partial charge in [-0.25, -0.2) is 4.98 Å². The van der Waals surface area contributed by atoms with Gasteiger partial charge in [0.1, 0.15) is 0 Å². The van der Waals surface area contributed by atoms with Gasteiger partial charge in [0.15, 0.2) is 0 Å². The monoisotopic (exact) mass is 297 g/mol. The molecule has 0 aliphatic rings. The second kappa shape index (κ2) is 4.36. The van der Waals surface area contributed by atoms with Crippen LogP contribution in [0, 0.1) is 0 Å². The van der Waals surface area contributed by atoms with Gasteiger partial charge in [0.2, 0.25) is 0 Å². The van der Waals surface area contributed by atoms with E-state index in [2.05, 4.69) is 9.97 Å². The largest absolute Gasteiger partial charge is 0.321 e. The van der Waals surface area contributed by atoms with Gasteiger partial charge in [-0.2, -0.15) is 0 Å². The number of hydrogen-bond acceptors (Lipinski definition) is 3. The maximum atomic E-state index is 12.6. The van der Waals surface area contributed by atoms with Crippen molar-refractivity contribution in [3.8, 4) is 0 Å². The van der Waals surface area contributed by atoms with Crippen LogP contribution >= 0.6 is 0 Å². The molecule has 2 aromatic carbocycles. The smallest absolute Gasteiger partial charge is 0.257 e. The summed E-state index contributed by atoms with van der Waals surface area (Å²) in [6.07, 6.45) is 1.79. The summed E-state index contributed by atoms with van der Waals surface area (Å²) in [5, 5.41) is 3.34. The van der Waals surface area contributed by atoms with Crippen molar-refractivity contribution in [3.05, 3.63) is 71.1 Å². The summed E-state index contributed by atoms with van der Waals surface area (Å²) in [7, 11) is 0. The van der Waals surface area contributed by atoms with Gasteiger partial charge in [0.25, 0.3) is 5.56 Å².